The maximum absolute atomic E-state index is 10.4. The van der Waals surface area contributed by atoms with Crippen molar-refractivity contribution < 1.29 is 9.90 Å². The molecule has 0 fully saturated rings. The van der Waals surface area contributed by atoms with Crippen molar-refractivity contribution in [1.29, 1.82) is 0 Å². The van der Waals surface area contributed by atoms with Gasteiger partial charge in [0, 0.05) is 8.95 Å². The highest BCUT2D eigenvalue weighted by Crippen LogP contribution is 2.25. The third-order valence-corrected chi connectivity index (χ3v) is 5.64. The zero-order valence-electron chi connectivity index (χ0n) is 4.60. The zero-order chi connectivity index (χ0) is 7.72. The van der Waals surface area contributed by atoms with E-state index in [0.717, 1.165) is 7.14 Å². The van der Waals surface area contributed by atoms with Crippen molar-refractivity contribution in [2.45, 2.75) is 0 Å². The van der Waals surface area contributed by atoms with Crippen LogP contribution in [-0.4, -0.2) is 11.1 Å². The van der Waals surface area contributed by atoms with Crippen molar-refractivity contribution in [3.8, 4) is 0 Å². The van der Waals surface area contributed by atoms with Gasteiger partial charge in [-0.15, -0.1) is 11.3 Å². The second kappa shape index (κ2) is 3.35. The van der Waals surface area contributed by atoms with Crippen LogP contribution in [0.2, 0.25) is 0 Å². The molecule has 0 saturated carbocycles. The van der Waals surface area contributed by atoms with E-state index in [1.165, 1.54) is 11.3 Å². The Balaban J connectivity index is 3.17. The van der Waals surface area contributed by atoms with Crippen LogP contribution >= 0.6 is 56.5 Å². The Labute approximate surface area is 88.9 Å². The van der Waals surface area contributed by atoms with Crippen LogP contribution in [0.1, 0.15) is 9.67 Å². The van der Waals surface area contributed by atoms with Gasteiger partial charge in [0.25, 0.3) is 0 Å². The summed E-state index contributed by atoms with van der Waals surface area (Å²) in [6, 6.07) is 0. The molecular formula is C5H2I2O2S. The summed E-state index contributed by atoms with van der Waals surface area (Å²) in [5.41, 5.74) is 0. The van der Waals surface area contributed by atoms with Gasteiger partial charge in [-0.05, 0) is 45.2 Å². The molecular weight excluding hydrogens is 378 g/mol. The molecule has 1 N–H and O–H groups in total. The van der Waals surface area contributed by atoms with Gasteiger partial charge < -0.3 is 5.11 Å². The molecule has 0 atom stereocenters. The summed E-state index contributed by atoms with van der Waals surface area (Å²) in [4.78, 5) is 10.9. The summed E-state index contributed by atoms with van der Waals surface area (Å²) in [5, 5.41) is 10.4. The van der Waals surface area contributed by atoms with Gasteiger partial charge in [-0.1, -0.05) is 0 Å². The van der Waals surface area contributed by atoms with Gasteiger partial charge in [0.2, 0.25) is 0 Å². The van der Waals surface area contributed by atoms with E-state index in [2.05, 4.69) is 22.6 Å². The fraction of sp³-hybridized carbons (Fsp3) is 0. The van der Waals surface area contributed by atoms with Crippen LogP contribution < -0.4 is 0 Å². The monoisotopic (exact) mass is 380 g/mol. The quantitative estimate of drug-likeness (QED) is 0.762. The maximum atomic E-state index is 10.4. The number of aromatic carboxylic acids is 1. The van der Waals surface area contributed by atoms with E-state index in [9.17, 15) is 4.79 Å². The lowest BCUT2D eigenvalue weighted by Crippen LogP contribution is -1.94. The zero-order valence-corrected chi connectivity index (χ0v) is 9.73. The molecule has 0 saturated heterocycles. The molecule has 0 aromatic carbocycles. The summed E-state index contributed by atoms with van der Waals surface area (Å²) in [6.07, 6.45) is 0. The van der Waals surface area contributed by atoms with Crippen molar-refractivity contribution in [2.24, 2.45) is 0 Å². The highest BCUT2D eigenvalue weighted by molar-refractivity contribution is 14.1. The predicted molar refractivity (Wildman–Crippen MR) is 56.7 cm³/mol. The smallest absolute Gasteiger partial charge is 0.347 e. The average Bonchev–Trinajstić information content (AvgIpc) is 2.14. The molecule has 0 spiro atoms. The lowest BCUT2D eigenvalue weighted by Gasteiger charge is -1.87. The summed E-state index contributed by atoms with van der Waals surface area (Å²) in [5.74, 6) is -0.836. The van der Waals surface area contributed by atoms with Crippen molar-refractivity contribution >= 4 is 62.5 Å². The number of carboxylic acid groups (broad SMARTS) is 1. The largest absolute Gasteiger partial charge is 0.477 e. The average molecular weight is 380 g/mol. The van der Waals surface area contributed by atoms with E-state index in [1.54, 1.807) is 0 Å². The van der Waals surface area contributed by atoms with Gasteiger partial charge in [0.1, 0.15) is 4.88 Å². The first-order chi connectivity index (χ1) is 4.63. The van der Waals surface area contributed by atoms with Crippen LogP contribution in [-0.2, 0) is 0 Å². The number of hydrogen-bond acceptors (Lipinski definition) is 2. The van der Waals surface area contributed by atoms with E-state index >= 15 is 0 Å². The minimum atomic E-state index is -0.836. The summed E-state index contributed by atoms with van der Waals surface area (Å²) in [7, 11) is 0. The molecule has 54 valence electrons. The summed E-state index contributed by atoms with van der Waals surface area (Å²) >= 11 is 5.43. The number of thiophene rings is 1. The van der Waals surface area contributed by atoms with Gasteiger partial charge in [-0.3, -0.25) is 0 Å². The van der Waals surface area contributed by atoms with Crippen LogP contribution in [0.3, 0.4) is 0 Å². The number of carbonyl (C=O) groups is 1. The second-order valence-corrected chi connectivity index (χ2v) is 4.65. The molecule has 0 bridgehead atoms. The fourth-order valence-corrected chi connectivity index (χ4v) is 2.93. The third kappa shape index (κ3) is 1.62. The first-order valence-corrected chi connectivity index (χ1v) is 5.32. The van der Waals surface area contributed by atoms with Gasteiger partial charge in [-0.2, -0.15) is 0 Å². The maximum Gasteiger partial charge on any atom is 0.347 e. The molecule has 0 radical (unpaired) electrons. The summed E-state index contributed by atoms with van der Waals surface area (Å²) in [6.45, 7) is 0. The van der Waals surface area contributed by atoms with Gasteiger partial charge in [0.05, 0.1) is 3.57 Å². The van der Waals surface area contributed by atoms with Crippen molar-refractivity contribution in [2.75, 3.05) is 0 Å². The number of hydrogen-bond donors (Lipinski definition) is 1. The van der Waals surface area contributed by atoms with E-state index in [-0.39, 0.29) is 0 Å². The molecule has 5 heteroatoms. The Hall–Kier alpha value is 0.630. The molecule has 1 aromatic heterocycles. The fourth-order valence-electron chi connectivity index (χ4n) is 0.467. The first kappa shape index (κ1) is 8.72. The van der Waals surface area contributed by atoms with Crippen LogP contribution in [0.4, 0.5) is 0 Å². The molecule has 0 aliphatic carbocycles. The highest BCUT2D eigenvalue weighted by Gasteiger charge is 2.12. The van der Waals surface area contributed by atoms with Crippen LogP contribution in [0, 0.1) is 7.14 Å². The van der Waals surface area contributed by atoms with E-state index in [0.29, 0.717) is 4.88 Å². The normalized spacial score (nSPS) is 9.80. The Kier molecular flexibility index (Phi) is 2.92. The van der Waals surface area contributed by atoms with Gasteiger partial charge in [-0.25, -0.2) is 4.79 Å². The molecule has 0 aliphatic rings. The molecule has 2 nitrogen and oxygen atoms in total. The Bertz CT molecular complexity index is 269. The third-order valence-electron chi connectivity index (χ3n) is 0.884. The Morgan fingerprint density at radius 3 is 2.40 bits per heavy atom. The molecule has 1 aromatic rings. The number of halogens is 2. The van der Waals surface area contributed by atoms with Crippen molar-refractivity contribution in [3.05, 3.63) is 17.4 Å². The van der Waals surface area contributed by atoms with E-state index in [1.807, 2.05) is 28.0 Å². The van der Waals surface area contributed by atoms with Crippen LogP contribution in [0.15, 0.2) is 5.38 Å². The second-order valence-electron chi connectivity index (χ2n) is 1.53. The molecule has 10 heavy (non-hydrogen) atoms. The van der Waals surface area contributed by atoms with E-state index < -0.39 is 5.97 Å². The molecule has 1 rings (SSSR count). The van der Waals surface area contributed by atoms with Crippen molar-refractivity contribution in [3.63, 3.8) is 0 Å². The Morgan fingerprint density at radius 1 is 1.60 bits per heavy atom. The van der Waals surface area contributed by atoms with Crippen LogP contribution in [0.5, 0.6) is 0 Å². The topological polar surface area (TPSA) is 37.3 Å². The molecule has 0 unspecified atom stereocenters. The highest BCUT2D eigenvalue weighted by atomic mass is 127. The van der Waals surface area contributed by atoms with Gasteiger partial charge in [0.15, 0.2) is 0 Å². The Morgan fingerprint density at radius 2 is 2.20 bits per heavy atom. The minimum absolute atomic E-state index is 0.435. The lowest BCUT2D eigenvalue weighted by molar-refractivity contribution is 0.0701. The van der Waals surface area contributed by atoms with Crippen LogP contribution in [0.25, 0.3) is 0 Å². The van der Waals surface area contributed by atoms with Gasteiger partial charge >= 0.3 is 5.97 Å². The van der Waals surface area contributed by atoms with Crippen molar-refractivity contribution in [1.82, 2.24) is 0 Å². The standard InChI is InChI=1S/C5H2I2O2S/c6-2-1-10-4(3(2)7)5(8)9/h1H,(H,8,9). The lowest BCUT2D eigenvalue weighted by atomic mass is 10.5. The minimum Gasteiger partial charge on any atom is -0.477 e. The van der Waals surface area contributed by atoms with E-state index in [4.69, 9.17) is 5.11 Å². The summed E-state index contributed by atoms with van der Waals surface area (Å²) < 4.78 is 1.86. The molecule has 1 heterocycles. The predicted octanol–water partition coefficient (Wildman–Crippen LogP) is 2.66. The molecule has 0 aliphatic heterocycles. The SMILES string of the molecule is O=C(O)c1scc(I)c1I. The number of rotatable bonds is 1. The molecule has 0 amide bonds. The number of carboxylic acids is 1. The first-order valence-electron chi connectivity index (χ1n) is 2.28.